The normalized spacial score (nSPS) is 21.8. The van der Waals surface area contributed by atoms with Crippen molar-refractivity contribution in [3.8, 4) is 0 Å². The molecule has 1 unspecified atom stereocenters. The molecular weight excluding hydrogens is 192 g/mol. The lowest BCUT2D eigenvalue weighted by Crippen LogP contribution is -2.47. The van der Waals surface area contributed by atoms with Gasteiger partial charge in [0.25, 0.3) is 0 Å². The van der Waals surface area contributed by atoms with Crippen LogP contribution in [0.15, 0.2) is 0 Å². The van der Waals surface area contributed by atoms with Crippen LogP contribution in [-0.2, 0) is 4.79 Å². The summed E-state index contributed by atoms with van der Waals surface area (Å²) >= 11 is 0. The van der Waals surface area contributed by atoms with E-state index >= 15 is 0 Å². The maximum atomic E-state index is 11.3. The van der Waals surface area contributed by atoms with Gasteiger partial charge in [-0.2, -0.15) is 0 Å². The predicted octanol–water partition coefficient (Wildman–Crippen LogP) is -0.341. The van der Waals surface area contributed by atoms with Crippen molar-refractivity contribution in [3.63, 3.8) is 0 Å². The van der Waals surface area contributed by atoms with Crippen LogP contribution >= 0.6 is 12.4 Å². The molecule has 1 heterocycles. The third-order valence-corrected chi connectivity index (χ3v) is 2.04. The Hall–Kier alpha value is -0.320. The lowest BCUT2D eigenvalue weighted by atomic mass is 10.0. The lowest BCUT2D eigenvalue weighted by molar-refractivity contribution is -0.123. The van der Waals surface area contributed by atoms with Crippen LogP contribution in [0.3, 0.4) is 0 Å². The highest BCUT2D eigenvalue weighted by atomic mass is 35.5. The summed E-state index contributed by atoms with van der Waals surface area (Å²) in [6.45, 7) is 1.30. The molecule has 3 N–H and O–H groups in total. The molecule has 4 nitrogen and oxygen atoms in total. The molecule has 0 radical (unpaired) electrons. The van der Waals surface area contributed by atoms with Crippen molar-refractivity contribution >= 4 is 18.3 Å². The minimum Gasteiger partial charge on any atom is -0.395 e. The Morgan fingerprint density at radius 1 is 1.54 bits per heavy atom. The molecule has 13 heavy (non-hydrogen) atoms. The number of halogens is 1. The Labute approximate surface area is 84.5 Å². The number of hydrogen-bond donors (Lipinski definition) is 3. The number of amides is 1. The first kappa shape index (κ1) is 12.7. The highest BCUT2D eigenvalue weighted by Crippen LogP contribution is 2.06. The van der Waals surface area contributed by atoms with Gasteiger partial charge in [0.1, 0.15) is 0 Å². The van der Waals surface area contributed by atoms with Crippen LogP contribution in [0.2, 0.25) is 0 Å². The summed E-state index contributed by atoms with van der Waals surface area (Å²) in [4.78, 5) is 11.3. The van der Waals surface area contributed by atoms with E-state index in [-0.39, 0.29) is 31.0 Å². The van der Waals surface area contributed by atoms with Crippen LogP contribution in [0.4, 0.5) is 0 Å². The molecule has 1 rings (SSSR count). The third-order valence-electron chi connectivity index (χ3n) is 2.04. The molecule has 0 aromatic rings. The Morgan fingerprint density at radius 2 is 2.31 bits per heavy atom. The largest absolute Gasteiger partial charge is 0.395 e. The number of piperidine rings is 1. The van der Waals surface area contributed by atoms with Crippen molar-refractivity contribution in [3.05, 3.63) is 0 Å². The molecule has 1 aliphatic heterocycles. The number of hydrogen-bond acceptors (Lipinski definition) is 3. The van der Waals surface area contributed by atoms with E-state index in [1.165, 1.54) is 0 Å². The average Bonchev–Trinajstić information content (AvgIpc) is 2.15. The van der Waals surface area contributed by atoms with Crippen LogP contribution in [-0.4, -0.2) is 36.8 Å². The van der Waals surface area contributed by atoms with Gasteiger partial charge < -0.3 is 15.7 Å². The van der Waals surface area contributed by atoms with Gasteiger partial charge in [-0.25, -0.2) is 0 Å². The molecule has 1 saturated heterocycles. The molecule has 0 spiro atoms. The summed E-state index contributed by atoms with van der Waals surface area (Å²) in [5.41, 5.74) is 0. The molecular formula is C8H17ClN2O2. The second-order valence-electron chi connectivity index (χ2n) is 3.02. The number of aliphatic hydroxyl groups is 1. The summed E-state index contributed by atoms with van der Waals surface area (Å²) in [6, 6.07) is -0.0368. The van der Waals surface area contributed by atoms with Crippen molar-refractivity contribution in [2.45, 2.75) is 25.3 Å². The van der Waals surface area contributed by atoms with Crippen molar-refractivity contribution in [2.75, 3.05) is 19.7 Å². The van der Waals surface area contributed by atoms with Gasteiger partial charge in [-0.15, -0.1) is 12.4 Å². The Bertz CT molecular complexity index is 149. The van der Waals surface area contributed by atoms with Gasteiger partial charge in [-0.3, -0.25) is 4.79 Å². The maximum Gasteiger partial charge on any atom is 0.237 e. The molecule has 1 atom stereocenters. The summed E-state index contributed by atoms with van der Waals surface area (Å²) in [6.07, 6.45) is 3.19. The zero-order chi connectivity index (χ0) is 8.81. The van der Waals surface area contributed by atoms with E-state index in [9.17, 15) is 4.79 Å². The van der Waals surface area contributed by atoms with Gasteiger partial charge in [0, 0.05) is 6.54 Å². The highest BCUT2D eigenvalue weighted by molar-refractivity contribution is 5.85. The minimum atomic E-state index is -0.0368. The fourth-order valence-corrected chi connectivity index (χ4v) is 1.38. The van der Waals surface area contributed by atoms with E-state index in [0.717, 1.165) is 25.8 Å². The monoisotopic (exact) mass is 208 g/mol. The molecule has 5 heteroatoms. The fraction of sp³-hybridized carbons (Fsp3) is 0.875. The first-order valence-electron chi connectivity index (χ1n) is 4.46. The Morgan fingerprint density at radius 3 is 2.85 bits per heavy atom. The number of carbonyl (C=O) groups is 1. The van der Waals surface area contributed by atoms with E-state index in [0.29, 0.717) is 6.54 Å². The van der Waals surface area contributed by atoms with Gasteiger partial charge in [0.05, 0.1) is 12.6 Å². The number of rotatable bonds is 3. The number of nitrogens with one attached hydrogen (secondary N) is 2. The van der Waals surface area contributed by atoms with E-state index in [1.54, 1.807) is 0 Å². The minimum absolute atomic E-state index is 0. The van der Waals surface area contributed by atoms with Crippen LogP contribution in [0.5, 0.6) is 0 Å². The molecule has 0 aliphatic carbocycles. The van der Waals surface area contributed by atoms with Crippen molar-refractivity contribution in [1.29, 1.82) is 0 Å². The molecule has 0 saturated carbocycles. The smallest absolute Gasteiger partial charge is 0.237 e. The summed E-state index contributed by atoms with van der Waals surface area (Å²) in [5, 5.41) is 14.3. The van der Waals surface area contributed by atoms with Gasteiger partial charge in [-0.05, 0) is 19.4 Å². The zero-order valence-corrected chi connectivity index (χ0v) is 8.40. The van der Waals surface area contributed by atoms with Crippen molar-refractivity contribution < 1.29 is 9.90 Å². The first-order valence-corrected chi connectivity index (χ1v) is 4.46. The maximum absolute atomic E-state index is 11.3. The SMILES string of the molecule is Cl.O=C(NCCO)C1CCCCN1. The molecule has 0 aromatic heterocycles. The Balaban J connectivity index is 0.00000144. The lowest BCUT2D eigenvalue weighted by Gasteiger charge is -2.22. The van der Waals surface area contributed by atoms with E-state index in [2.05, 4.69) is 10.6 Å². The molecule has 1 aliphatic rings. The standard InChI is InChI=1S/C8H16N2O2.ClH/c11-6-5-10-8(12)7-3-1-2-4-9-7;/h7,9,11H,1-6H2,(H,10,12);1H. The topological polar surface area (TPSA) is 61.4 Å². The van der Waals surface area contributed by atoms with Gasteiger partial charge in [0.15, 0.2) is 0 Å². The van der Waals surface area contributed by atoms with Gasteiger partial charge in [-0.1, -0.05) is 6.42 Å². The second kappa shape index (κ2) is 7.12. The quantitative estimate of drug-likeness (QED) is 0.595. The van der Waals surface area contributed by atoms with Crippen LogP contribution in [0.1, 0.15) is 19.3 Å². The summed E-state index contributed by atoms with van der Waals surface area (Å²) in [5.74, 6) is 0.0174. The second-order valence-corrected chi connectivity index (χ2v) is 3.02. The van der Waals surface area contributed by atoms with Gasteiger partial charge >= 0.3 is 0 Å². The summed E-state index contributed by atoms with van der Waals surface area (Å²) < 4.78 is 0. The molecule has 1 amide bonds. The van der Waals surface area contributed by atoms with Crippen LogP contribution in [0.25, 0.3) is 0 Å². The fourth-order valence-electron chi connectivity index (χ4n) is 1.38. The zero-order valence-electron chi connectivity index (χ0n) is 7.58. The number of carbonyl (C=O) groups excluding carboxylic acids is 1. The molecule has 0 aromatic carbocycles. The van der Waals surface area contributed by atoms with Crippen LogP contribution in [0, 0.1) is 0 Å². The van der Waals surface area contributed by atoms with E-state index < -0.39 is 0 Å². The average molecular weight is 209 g/mol. The van der Waals surface area contributed by atoms with Crippen molar-refractivity contribution in [1.82, 2.24) is 10.6 Å². The van der Waals surface area contributed by atoms with E-state index in [1.807, 2.05) is 0 Å². The van der Waals surface area contributed by atoms with Gasteiger partial charge in [0.2, 0.25) is 5.91 Å². The van der Waals surface area contributed by atoms with Crippen LogP contribution < -0.4 is 10.6 Å². The molecule has 78 valence electrons. The highest BCUT2D eigenvalue weighted by Gasteiger charge is 2.19. The summed E-state index contributed by atoms with van der Waals surface area (Å²) in [7, 11) is 0. The number of aliphatic hydroxyl groups excluding tert-OH is 1. The third kappa shape index (κ3) is 4.45. The first-order chi connectivity index (χ1) is 5.84. The van der Waals surface area contributed by atoms with E-state index in [4.69, 9.17) is 5.11 Å². The molecule has 1 fully saturated rings. The predicted molar refractivity (Wildman–Crippen MR) is 53.0 cm³/mol. The molecule has 0 bridgehead atoms. The Kier molecular flexibility index (Phi) is 6.94. The van der Waals surface area contributed by atoms with Crippen molar-refractivity contribution in [2.24, 2.45) is 0 Å².